The number of carbonyl (C=O) groups is 2. The molecule has 190 valence electrons. The van der Waals surface area contributed by atoms with Gasteiger partial charge >= 0.3 is 0 Å². The molecule has 2 unspecified atom stereocenters. The van der Waals surface area contributed by atoms with Gasteiger partial charge in [-0.1, -0.05) is 63.2 Å². The van der Waals surface area contributed by atoms with Gasteiger partial charge in [0.15, 0.2) is 0 Å². The molecule has 4 rings (SSSR count). The van der Waals surface area contributed by atoms with E-state index in [1.54, 1.807) is 4.90 Å². The van der Waals surface area contributed by atoms with Crippen molar-refractivity contribution in [1.29, 1.82) is 0 Å². The summed E-state index contributed by atoms with van der Waals surface area (Å²) in [6.45, 7) is 14.4. The van der Waals surface area contributed by atoms with E-state index in [2.05, 4.69) is 58.1 Å². The van der Waals surface area contributed by atoms with E-state index in [-0.39, 0.29) is 41.7 Å². The van der Waals surface area contributed by atoms with Crippen molar-refractivity contribution in [2.75, 3.05) is 11.9 Å². The molecule has 1 fully saturated rings. The minimum absolute atomic E-state index is 0.0113. The number of aryl methyl sites for hydroxylation is 1. The van der Waals surface area contributed by atoms with Crippen LogP contribution >= 0.6 is 0 Å². The van der Waals surface area contributed by atoms with E-state index in [4.69, 9.17) is 5.10 Å². The number of amides is 2. The van der Waals surface area contributed by atoms with Crippen LogP contribution in [0.2, 0.25) is 0 Å². The van der Waals surface area contributed by atoms with Crippen LogP contribution in [0.1, 0.15) is 69.3 Å². The van der Waals surface area contributed by atoms with Gasteiger partial charge in [0.05, 0.1) is 11.4 Å². The number of aromatic nitrogens is 2. The fourth-order valence-corrected chi connectivity index (χ4v) is 4.59. The summed E-state index contributed by atoms with van der Waals surface area (Å²) in [4.78, 5) is 28.3. The van der Waals surface area contributed by atoms with Crippen molar-refractivity contribution in [2.45, 2.75) is 72.3 Å². The zero-order valence-corrected chi connectivity index (χ0v) is 22.5. The van der Waals surface area contributed by atoms with Gasteiger partial charge in [-0.3, -0.25) is 9.59 Å². The molecule has 2 aromatic carbocycles. The van der Waals surface area contributed by atoms with Crippen LogP contribution in [0.4, 0.5) is 5.82 Å². The maximum absolute atomic E-state index is 13.4. The lowest BCUT2D eigenvalue weighted by atomic mass is 9.92. The molecule has 1 heterocycles. The van der Waals surface area contributed by atoms with Gasteiger partial charge in [0.2, 0.25) is 11.8 Å². The van der Waals surface area contributed by atoms with Gasteiger partial charge in [0, 0.05) is 23.4 Å². The summed E-state index contributed by atoms with van der Waals surface area (Å²) in [7, 11) is 0. The number of nitrogens with zero attached hydrogens (tertiary/aromatic N) is 3. The average molecular weight is 487 g/mol. The van der Waals surface area contributed by atoms with E-state index in [1.807, 2.05) is 54.9 Å². The standard InChI is InChI=1S/C30H38N4O2/c1-19(2)33(29(36)24-16-23(24)22-13-9-8-10-14-22)18-28(35)31-27-17-26(30(5,6)7)32-34(27)25-15-11-12-20(3)21(25)4/h8-15,17,19,23-24H,16,18H2,1-7H3,(H,31,35). The number of anilines is 1. The minimum atomic E-state index is -0.221. The largest absolute Gasteiger partial charge is 0.331 e. The van der Waals surface area contributed by atoms with E-state index in [1.165, 1.54) is 5.56 Å². The number of nitrogens with one attached hydrogen (secondary N) is 1. The van der Waals surface area contributed by atoms with Crippen LogP contribution in [0.15, 0.2) is 54.6 Å². The normalized spacial score (nSPS) is 17.2. The van der Waals surface area contributed by atoms with Crippen LogP contribution < -0.4 is 5.32 Å². The number of hydrogen-bond donors (Lipinski definition) is 1. The SMILES string of the molecule is Cc1cccc(-n2nc(C(C)(C)C)cc2NC(=O)CN(C(=O)C2CC2c2ccccc2)C(C)C)c1C. The molecule has 0 radical (unpaired) electrons. The molecule has 1 aromatic heterocycles. The molecule has 6 heteroatoms. The van der Waals surface area contributed by atoms with Crippen molar-refractivity contribution in [3.63, 3.8) is 0 Å². The third kappa shape index (κ3) is 5.38. The van der Waals surface area contributed by atoms with Crippen molar-refractivity contribution in [3.05, 3.63) is 77.0 Å². The molecule has 2 atom stereocenters. The van der Waals surface area contributed by atoms with Crippen molar-refractivity contribution >= 4 is 17.6 Å². The summed E-state index contributed by atoms with van der Waals surface area (Å²) < 4.78 is 1.81. The molecule has 0 saturated heterocycles. The van der Waals surface area contributed by atoms with Crippen molar-refractivity contribution < 1.29 is 9.59 Å². The van der Waals surface area contributed by atoms with Crippen LogP contribution in [0.25, 0.3) is 5.69 Å². The second-order valence-electron chi connectivity index (χ2n) is 11.3. The summed E-state index contributed by atoms with van der Waals surface area (Å²) in [5.74, 6) is 0.621. The lowest BCUT2D eigenvalue weighted by Gasteiger charge is -2.26. The smallest absolute Gasteiger partial charge is 0.245 e. The zero-order valence-electron chi connectivity index (χ0n) is 22.5. The van der Waals surface area contributed by atoms with Gasteiger partial charge in [-0.25, -0.2) is 4.68 Å². The van der Waals surface area contributed by atoms with Crippen LogP contribution in [0, 0.1) is 19.8 Å². The molecular weight excluding hydrogens is 448 g/mol. The van der Waals surface area contributed by atoms with Crippen molar-refractivity contribution in [1.82, 2.24) is 14.7 Å². The Morgan fingerprint density at radius 1 is 1.08 bits per heavy atom. The first-order valence-electron chi connectivity index (χ1n) is 12.8. The third-order valence-electron chi connectivity index (χ3n) is 7.11. The lowest BCUT2D eigenvalue weighted by molar-refractivity contribution is -0.137. The first-order chi connectivity index (χ1) is 17.0. The summed E-state index contributed by atoms with van der Waals surface area (Å²) in [6.07, 6.45) is 0.835. The van der Waals surface area contributed by atoms with Gasteiger partial charge < -0.3 is 10.2 Å². The molecule has 0 bridgehead atoms. The predicted molar refractivity (Wildman–Crippen MR) is 145 cm³/mol. The second-order valence-corrected chi connectivity index (χ2v) is 11.3. The van der Waals surface area contributed by atoms with Gasteiger partial charge in [0.1, 0.15) is 12.4 Å². The fourth-order valence-electron chi connectivity index (χ4n) is 4.59. The molecule has 1 aliphatic rings. The Kier molecular flexibility index (Phi) is 7.07. The van der Waals surface area contributed by atoms with Crippen molar-refractivity contribution in [3.8, 4) is 5.69 Å². The van der Waals surface area contributed by atoms with Crippen LogP contribution in [-0.2, 0) is 15.0 Å². The number of benzene rings is 2. The molecule has 2 amide bonds. The highest BCUT2D eigenvalue weighted by Gasteiger charge is 2.46. The lowest BCUT2D eigenvalue weighted by Crippen LogP contribution is -2.43. The van der Waals surface area contributed by atoms with Crippen LogP contribution in [0.3, 0.4) is 0 Å². The quantitative estimate of drug-likeness (QED) is 0.461. The molecular formula is C30H38N4O2. The summed E-state index contributed by atoms with van der Waals surface area (Å²) in [5.41, 5.74) is 5.10. The molecule has 0 aliphatic heterocycles. The Hall–Kier alpha value is -3.41. The third-order valence-corrected chi connectivity index (χ3v) is 7.11. The molecule has 1 aliphatic carbocycles. The highest BCUT2D eigenvalue weighted by molar-refractivity contribution is 5.95. The number of carbonyl (C=O) groups excluding carboxylic acids is 2. The van der Waals surface area contributed by atoms with Gasteiger partial charge in [0.25, 0.3) is 0 Å². The number of rotatable bonds is 7. The fraction of sp³-hybridized carbons (Fsp3) is 0.433. The molecule has 1 N–H and O–H groups in total. The summed E-state index contributed by atoms with van der Waals surface area (Å²) in [6, 6.07) is 18.1. The Morgan fingerprint density at radius 3 is 2.42 bits per heavy atom. The summed E-state index contributed by atoms with van der Waals surface area (Å²) >= 11 is 0. The average Bonchev–Trinajstić information content (AvgIpc) is 3.52. The number of hydrogen-bond acceptors (Lipinski definition) is 3. The van der Waals surface area contributed by atoms with Gasteiger partial charge in [-0.15, -0.1) is 0 Å². The molecule has 1 saturated carbocycles. The molecule has 6 nitrogen and oxygen atoms in total. The monoisotopic (exact) mass is 486 g/mol. The highest BCUT2D eigenvalue weighted by Crippen LogP contribution is 2.48. The van der Waals surface area contributed by atoms with Crippen LogP contribution in [0.5, 0.6) is 0 Å². The van der Waals surface area contributed by atoms with E-state index < -0.39 is 0 Å². The van der Waals surface area contributed by atoms with E-state index in [0.29, 0.717) is 5.82 Å². The Morgan fingerprint density at radius 2 is 1.78 bits per heavy atom. The Bertz CT molecular complexity index is 1250. The molecule has 0 spiro atoms. The molecule has 3 aromatic rings. The van der Waals surface area contributed by atoms with Crippen LogP contribution in [-0.4, -0.2) is 39.1 Å². The summed E-state index contributed by atoms with van der Waals surface area (Å²) in [5, 5.41) is 7.92. The van der Waals surface area contributed by atoms with Crippen molar-refractivity contribution in [2.24, 2.45) is 5.92 Å². The highest BCUT2D eigenvalue weighted by atomic mass is 16.2. The Balaban J connectivity index is 1.54. The molecule has 36 heavy (non-hydrogen) atoms. The first kappa shape index (κ1) is 25.7. The predicted octanol–water partition coefficient (Wildman–Crippen LogP) is 5.77. The van der Waals surface area contributed by atoms with E-state index in [0.717, 1.165) is 28.9 Å². The topological polar surface area (TPSA) is 67.2 Å². The minimum Gasteiger partial charge on any atom is -0.331 e. The maximum Gasteiger partial charge on any atom is 0.245 e. The Labute approximate surface area is 214 Å². The van der Waals surface area contributed by atoms with E-state index in [9.17, 15) is 9.59 Å². The zero-order chi connectivity index (χ0) is 26.2. The second kappa shape index (κ2) is 9.92. The first-order valence-corrected chi connectivity index (χ1v) is 12.8. The van der Waals surface area contributed by atoms with E-state index >= 15 is 0 Å². The van der Waals surface area contributed by atoms with Gasteiger partial charge in [-0.2, -0.15) is 5.10 Å². The maximum atomic E-state index is 13.4. The van der Waals surface area contributed by atoms with Gasteiger partial charge in [-0.05, 0) is 62.8 Å².